The molecule has 0 saturated carbocycles. The summed E-state index contributed by atoms with van der Waals surface area (Å²) in [6, 6.07) is 14.0. The van der Waals surface area contributed by atoms with Crippen LogP contribution in [0.15, 0.2) is 47.4 Å². The zero-order valence-corrected chi connectivity index (χ0v) is 29.5. The number of piperazine rings is 3. The van der Waals surface area contributed by atoms with Crippen LogP contribution in [0.2, 0.25) is 0 Å². The lowest BCUT2D eigenvalue weighted by Gasteiger charge is -2.50. The molecule has 2 atom stereocenters. The average molecular weight is 643 g/mol. The summed E-state index contributed by atoms with van der Waals surface area (Å²) < 4.78 is 34.4. The van der Waals surface area contributed by atoms with Gasteiger partial charge in [0.25, 0.3) is 0 Å². The van der Waals surface area contributed by atoms with Crippen molar-refractivity contribution >= 4 is 15.0 Å². The molecule has 7 nitrogen and oxygen atoms in total. The summed E-state index contributed by atoms with van der Waals surface area (Å²) in [5, 5.41) is 12.5. The first-order valence-electron chi connectivity index (χ1n) is 17.6. The van der Waals surface area contributed by atoms with Gasteiger partial charge in [-0.1, -0.05) is 51.7 Å². The number of nitrogens with zero attached hydrogens (tertiary/aromatic N) is 3. The minimum atomic E-state index is -4.27. The van der Waals surface area contributed by atoms with Crippen molar-refractivity contribution in [2.75, 3.05) is 83.4 Å². The number of anilines is 1. The molecule has 8 heteroatoms. The average Bonchev–Trinajstić information content (AvgIpc) is 3.08. The van der Waals surface area contributed by atoms with E-state index >= 15 is 0 Å². The van der Waals surface area contributed by atoms with Gasteiger partial charge < -0.3 is 19.2 Å². The van der Waals surface area contributed by atoms with E-state index < -0.39 is 26.8 Å². The summed E-state index contributed by atoms with van der Waals surface area (Å²) in [6.07, 6.45) is 8.25. The molecule has 252 valence electrons. The number of benzene rings is 2. The molecule has 4 aliphatic rings. The topological polar surface area (TPSA) is 73.2 Å². The number of hydrogen-bond donors (Lipinski definition) is 2. The van der Waals surface area contributed by atoms with E-state index in [9.17, 15) is 13.9 Å². The fourth-order valence-corrected chi connectivity index (χ4v) is 11.6. The lowest BCUT2D eigenvalue weighted by molar-refractivity contribution is -0.941. The van der Waals surface area contributed by atoms with Crippen LogP contribution >= 0.6 is 0 Å². The Morgan fingerprint density at radius 1 is 0.956 bits per heavy atom. The summed E-state index contributed by atoms with van der Waals surface area (Å²) in [6.45, 7) is 13.9. The van der Waals surface area contributed by atoms with Gasteiger partial charge in [0.15, 0.2) is 0 Å². The molecule has 2 N–H and O–H groups in total. The molecule has 2 aromatic carbocycles. The number of unbranched alkanes of at least 4 members (excludes halogenated alkanes) is 3. The van der Waals surface area contributed by atoms with E-state index in [1.165, 1.54) is 56.7 Å². The highest BCUT2D eigenvalue weighted by Gasteiger charge is 2.51. The maximum Gasteiger partial charge on any atom is 0.119 e. The van der Waals surface area contributed by atoms with E-state index in [0.717, 1.165) is 67.5 Å². The predicted molar refractivity (Wildman–Crippen MR) is 187 cm³/mol. The van der Waals surface area contributed by atoms with Gasteiger partial charge >= 0.3 is 0 Å². The number of quaternary nitrogens is 1. The molecule has 0 aliphatic carbocycles. The van der Waals surface area contributed by atoms with Crippen molar-refractivity contribution in [1.29, 1.82) is 0 Å². The maximum atomic E-state index is 14.8. The summed E-state index contributed by atoms with van der Waals surface area (Å²) in [5.41, 5.74) is 2.03. The summed E-state index contributed by atoms with van der Waals surface area (Å²) in [4.78, 5) is 5.10. The molecule has 0 amide bonds. The third-order valence-corrected chi connectivity index (χ3v) is 14.0. The van der Waals surface area contributed by atoms with Gasteiger partial charge in [-0.2, -0.15) is 9.35 Å². The first-order valence-corrected chi connectivity index (χ1v) is 20.1. The minimum Gasteiger partial charge on any atom is -0.494 e. The molecular formula is C37H60N3O4S+. The number of fused-ring (bicyclic) bond motifs is 4. The van der Waals surface area contributed by atoms with Crippen molar-refractivity contribution in [2.24, 2.45) is 5.41 Å². The Morgan fingerprint density at radius 2 is 1.58 bits per heavy atom. The van der Waals surface area contributed by atoms with E-state index in [4.69, 9.17) is 4.74 Å². The Hall–Kier alpha value is -1.97. The van der Waals surface area contributed by atoms with E-state index in [0.29, 0.717) is 11.5 Å². The van der Waals surface area contributed by atoms with Crippen LogP contribution in [-0.2, 0) is 9.35 Å². The highest BCUT2D eigenvalue weighted by Crippen LogP contribution is 2.54. The quantitative estimate of drug-likeness (QED) is 0.189. The van der Waals surface area contributed by atoms with E-state index in [1.807, 2.05) is 49.3 Å². The van der Waals surface area contributed by atoms with Gasteiger partial charge in [0.1, 0.15) is 5.75 Å². The Bertz CT molecular complexity index is 1320. The van der Waals surface area contributed by atoms with Crippen molar-refractivity contribution in [3.05, 3.63) is 53.6 Å². The number of ether oxygens (including phenoxy) is 1. The fraction of sp³-hybridized carbons (Fsp3) is 0.676. The van der Waals surface area contributed by atoms with Gasteiger partial charge in [-0.25, -0.2) is 4.21 Å². The van der Waals surface area contributed by atoms with Crippen LogP contribution in [-0.4, -0.2) is 108 Å². The van der Waals surface area contributed by atoms with Crippen LogP contribution in [0.1, 0.15) is 82.3 Å². The zero-order chi connectivity index (χ0) is 32.3. The molecule has 3 fully saturated rings. The second-order valence-corrected chi connectivity index (χ2v) is 18.6. The van der Waals surface area contributed by atoms with Crippen LogP contribution in [0, 0.1) is 5.41 Å². The van der Waals surface area contributed by atoms with Crippen molar-refractivity contribution in [3.8, 4) is 5.75 Å². The highest BCUT2D eigenvalue weighted by molar-refractivity contribution is 8.14. The van der Waals surface area contributed by atoms with E-state index in [-0.39, 0.29) is 5.75 Å². The van der Waals surface area contributed by atoms with Crippen LogP contribution < -0.4 is 9.64 Å². The summed E-state index contributed by atoms with van der Waals surface area (Å²) in [7, 11) is -0.302. The van der Waals surface area contributed by atoms with E-state index in [2.05, 4.69) is 30.9 Å². The van der Waals surface area contributed by atoms with Crippen LogP contribution in [0.5, 0.6) is 5.75 Å². The minimum absolute atomic E-state index is 0.0929. The van der Waals surface area contributed by atoms with Gasteiger partial charge in [0.2, 0.25) is 0 Å². The number of aliphatic hydroxyl groups excluding tert-OH is 1. The molecule has 6 rings (SSSR count). The van der Waals surface area contributed by atoms with Crippen molar-refractivity contribution in [3.63, 3.8) is 0 Å². The van der Waals surface area contributed by atoms with Crippen molar-refractivity contribution in [2.45, 2.75) is 82.1 Å². The molecule has 4 aliphatic heterocycles. The number of rotatable bonds is 14. The van der Waals surface area contributed by atoms with Crippen LogP contribution in [0.4, 0.5) is 5.69 Å². The molecule has 0 radical (unpaired) electrons. The number of hydrogen-bond acceptors (Lipinski definition) is 5. The molecule has 2 aromatic rings. The monoisotopic (exact) mass is 642 g/mol. The lowest BCUT2D eigenvalue weighted by atomic mass is 9.68. The van der Waals surface area contributed by atoms with E-state index in [1.54, 1.807) is 6.26 Å². The third kappa shape index (κ3) is 7.46. The Labute approximate surface area is 272 Å². The van der Waals surface area contributed by atoms with Gasteiger partial charge in [0.05, 0.1) is 43.8 Å². The normalized spacial score (nSPS) is 28.8. The predicted octanol–water partition coefficient (Wildman–Crippen LogP) is 6.21. The smallest absolute Gasteiger partial charge is 0.119 e. The first-order chi connectivity index (χ1) is 21.4. The molecule has 45 heavy (non-hydrogen) atoms. The molecule has 4 heterocycles. The van der Waals surface area contributed by atoms with Crippen LogP contribution in [0.3, 0.4) is 0 Å². The van der Waals surface area contributed by atoms with Crippen molar-refractivity contribution in [1.82, 2.24) is 4.90 Å². The van der Waals surface area contributed by atoms with Gasteiger partial charge in [-0.05, 0) is 67.1 Å². The Balaban J connectivity index is 1.40. The van der Waals surface area contributed by atoms with Crippen LogP contribution in [0.25, 0.3) is 0 Å². The third-order valence-electron chi connectivity index (χ3n) is 11.2. The molecule has 0 unspecified atom stereocenters. The standard InChI is InChI=1S/C37H59N3O4S/c1-6-8-18-37(19-9-7-2)29-45(5,42,43)34-17-14-31(38(3)4)28-33(34)35(36(37)41)30-12-15-32(16-13-30)44-27-11-10-23-40-24-20-39(21-25-40)22-26-40/h12-17,28,35-36,41H,6-11,18-27,29H2,1-5H3/p+1/t35-,36-/m1/s1. The first kappa shape index (κ1) is 34.4. The summed E-state index contributed by atoms with van der Waals surface area (Å²) in [5.74, 6) is 0.515. The maximum absolute atomic E-state index is 14.8. The van der Waals surface area contributed by atoms with Gasteiger partial charge in [-0.15, -0.1) is 0 Å². The largest absolute Gasteiger partial charge is 0.494 e. The lowest BCUT2D eigenvalue weighted by Crippen LogP contribution is -2.67. The summed E-state index contributed by atoms with van der Waals surface area (Å²) >= 11 is 0. The SMILES string of the molecule is CCCCC1(CCCC)CS(C)(=O)(O)c2ccc(N(C)C)cc2[C@@H](c2ccc(OCCCC[N+]34CCN(CC3)CC4)cc2)[C@H]1O. The highest BCUT2D eigenvalue weighted by atomic mass is 32.3. The van der Waals surface area contributed by atoms with Gasteiger partial charge in [-0.3, -0.25) is 9.45 Å². The van der Waals surface area contributed by atoms with Crippen molar-refractivity contribution < 1.29 is 23.1 Å². The van der Waals surface area contributed by atoms with Gasteiger partial charge in [0, 0.05) is 62.8 Å². The Kier molecular flexibility index (Phi) is 10.4. The molecule has 3 saturated heterocycles. The second kappa shape index (κ2) is 13.6. The molecule has 2 bridgehead atoms. The fourth-order valence-electron chi connectivity index (χ4n) is 8.46. The molecule has 0 aromatic heterocycles. The second-order valence-electron chi connectivity index (χ2n) is 14.9. The Morgan fingerprint density at radius 3 is 2.16 bits per heavy atom. The number of aliphatic hydroxyl groups is 1. The molecular weight excluding hydrogens is 582 g/mol. The molecule has 0 spiro atoms. The zero-order valence-electron chi connectivity index (χ0n) is 28.7.